The van der Waals surface area contributed by atoms with Crippen LogP contribution in [0.3, 0.4) is 0 Å². The molecular weight excluding hydrogens is 353 g/mol. The molecule has 0 aliphatic heterocycles. The van der Waals surface area contributed by atoms with E-state index >= 15 is 0 Å². The van der Waals surface area contributed by atoms with E-state index in [1.165, 1.54) is 0 Å². The predicted molar refractivity (Wildman–Crippen MR) is 98.2 cm³/mol. The maximum absolute atomic E-state index is 12.1. The molecule has 0 unspecified atom stereocenters. The smallest absolute Gasteiger partial charge is 0.225 e. The number of nitrogens with one attached hydrogen (secondary N) is 1. The molecule has 6 heteroatoms. The zero-order valence-electron chi connectivity index (χ0n) is 12.9. The number of benzene rings is 2. The van der Waals surface area contributed by atoms with Gasteiger partial charge in [-0.15, -0.1) is 11.8 Å². The highest BCUT2D eigenvalue weighted by Gasteiger charge is 2.10. The Morgan fingerprint density at radius 2 is 1.91 bits per heavy atom. The summed E-state index contributed by atoms with van der Waals surface area (Å²) in [6.45, 7) is 1.88. The zero-order valence-corrected chi connectivity index (χ0v) is 15.2. The number of halogens is 2. The Bertz CT molecular complexity index is 690. The van der Waals surface area contributed by atoms with Gasteiger partial charge in [-0.25, -0.2) is 0 Å². The summed E-state index contributed by atoms with van der Waals surface area (Å²) in [5, 5.41) is 4.18. The standard InChI is InChI=1S/C17H17Cl2NO2S/c1-11-9-15(16(22-2)10-14(11)19)20-17(21)7-8-23-13-5-3-12(18)4-6-13/h3-6,9-10H,7-8H2,1-2H3,(H,20,21). The van der Waals surface area contributed by atoms with Gasteiger partial charge in [0, 0.05) is 33.2 Å². The molecule has 1 amide bonds. The van der Waals surface area contributed by atoms with Crippen molar-refractivity contribution < 1.29 is 9.53 Å². The molecule has 2 aromatic rings. The first-order valence-electron chi connectivity index (χ1n) is 7.02. The van der Waals surface area contributed by atoms with Crippen LogP contribution in [0.5, 0.6) is 5.75 Å². The number of anilines is 1. The third kappa shape index (κ3) is 5.34. The van der Waals surface area contributed by atoms with Gasteiger partial charge in [0.25, 0.3) is 0 Å². The minimum atomic E-state index is -0.0634. The molecule has 0 aliphatic rings. The van der Waals surface area contributed by atoms with Crippen LogP contribution in [0.1, 0.15) is 12.0 Å². The highest BCUT2D eigenvalue weighted by atomic mass is 35.5. The van der Waals surface area contributed by atoms with Gasteiger partial charge in [0.1, 0.15) is 5.75 Å². The molecule has 23 heavy (non-hydrogen) atoms. The number of carbonyl (C=O) groups excluding carboxylic acids is 1. The van der Waals surface area contributed by atoms with Gasteiger partial charge in [0.2, 0.25) is 5.91 Å². The van der Waals surface area contributed by atoms with Crippen molar-refractivity contribution in [1.29, 1.82) is 0 Å². The number of methoxy groups -OCH3 is 1. The van der Waals surface area contributed by atoms with E-state index < -0.39 is 0 Å². The number of ether oxygens (including phenoxy) is 1. The van der Waals surface area contributed by atoms with Crippen LogP contribution in [-0.4, -0.2) is 18.8 Å². The SMILES string of the molecule is COc1cc(Cl)c(C)cc1NC(=O)CCSc1ccc(Cl)cc1. The lowest BCUT2D eigenvalue weighted by Crippen LogP contribution is -2.13. The summed E-state index contributed by atoms with van der Waals surface area (Å²) < 4.78 is 5.25. The first-order chi connectivity index (χ1) is 11.0. The molecule has 2 rings (SSSR count). The van der Waals surface area contributed by atoms with Crippen LogP contribution in [0.15, 0.2) is 41.3 Å². The van der Waals surface area contributed by atoms with Gasteiger partial charge < -0.3 is 10.1 Å². The molecule has 0 fully saturated rings. The van der Waals surface area contributed by atoms with Crippen LogP contribution in [0.25, 0.3) is 0 Å². The van der Waals surface area contributed by atoms with E-state index in [9.17, 15) is 4.79 Å². The molecule has 0 saturated heterocycles. The summed E-state index contributed by atoms with van der Waals surface area (Å²) in [5.74, 6) is 1.17. The molecule has 0 atom stereocenters. The van der Waals surface area contributed by atoms with E-state index in [0.29, 0.717) is 33.7 Å². The molecule has 0 spiro atoms. The van der Waals surface area contributed by atoms with Gasteiger partial charge in [-0.05, 0) is 42.8 Å². The molecule has 1 N–H and O–H groups in total. The topological polar surface area (TPSA) is 38.3 Å². The Labute approximate surface area is 150 Å². The van der Waals surface area contributed by atoms with Crippen molar-refractivity contribution in [3.05, 3.63) is 52.0 Å². The lowest BCUT2D eigenvalue weighted by Gasteiger charge is -2.12. The normalized spacial score (nSPS) is 10.4. The maximum Gasteiger partial charge on any atom is 0.225 e. The number of thioether (sulfide) groups is 1. The summed E-state index contributed by atoms with van der Waals surface area (Å²) in [4.78, 5) is 13.2. The largest absolute Gasteiger partial charge is 0.495 e. The average Bonchev–Trinajstić information content (AvgIpc) is 2.52. The first kappa shape index (κ1) is 18.0. The Morgan fingerprint density at radius 3 is 2.57 bits per heavy atom. The predicted octanol–water partition coefficient (Wildman–Crippen LogP) is 5.43. The van der Waals surface area contributed by atoms with Gasteiger partial charge in [-0.1, -0.05) is 23.2 Å². The summed E-state index contributed by atoms with van der Waals surface area (Å²) >= 11 is 13.5. The zero-order chi connectivity index (χ0) is 16.8. The Morgan fingerprint density at radius 1 is 1.22 bits per heavy atom. The fourth-order valence-corrected chi connectivity index (χ4v) is 3.07. The lowest BCUT2D eigenvalue weighted by molar-refractivity contribution is -0.115. The van der Waals surface area contributed by atoms with Crippen molar-refractivity contribution in [1.82, 2.24) is 0 Å². The quantitative estimate of drug-likeness (QED) is 0.689. The first-order valence-corrected chi connectivity index (χ1v) is 8.76. The summed E-state index contributed by atoms with van der Waals surface area (Å²) in [7, 11) is 1.55. The van der Waals surface area contributed by atoms with E-state index in [0.717, 1.165) is 10.5 Å². The number of amides is 1. The van der Waals surface area contributed by atoms with E-state index in [1.54, 1.807) is 24.9 Å². The van der Waals surface area contributed by atoms with E-state index in [2.05, 4.69) is 5.32 Å². The van der Waals surface area contributed by atoms with E-state index in [4.69, 9.17) is 27.9 Å². The molecule has 122 valence electrons. The molecule has 0 radical (unpaired) electrons. The van der Waals surface area contributed by atoms with E-state index in [-0.39, 0.29) is 5.91 Å². The van der Waals surface area contributed by atoms with Crippen molar-refractivity contribution in [2.75, 3.05) is 18.2 Å². The van der Waals surface area contributed by atoms with Gasteiger partial charge in [0.15, 0.2) is 0 Å². The van der Waals surface area contributed by atoms with Crippen LogP contribution in [0.2, 0.25) is 10.0 Å². The number of hydrogen-bond acceptors (Lipinski definition) is 3. The number of aryl methyl sites for hydroxylation is 1. The second kappa shape index (κ2) is 8.48. The molecule has 0 saturated carbocycles. The monoisotopic (exact) mass is 369 g/mol. The molecule has 3 nitrogen and oxygen atoms in total. The summed E-state index contributed by atoms with van der Waals surface area (Å²) in [6, 6.07) is 11.1. The molecule has 0 heterocycles. The lowest BCUT2D eigenvalue weighted by atomic mass is 10.2. The van der Waals surface area contributed by atoms with Crippen molar-refractivity contribution >= 4 is 46.6 Å². The van der Waals surface area contributed by atoms with Crippen molar-refractivity contribution in [2.24, 2.45) is 0 Å². The number of carbonyl (C=O) groups is 1. The highest BCUT2D eigenvalue weighted by molar-refractivity contribution is 7.99. The minimum Gasteiger partial charge on any atom is -0.495 e. The van der Waals surface area contributed by atoms with E-state index in [1.807, 2.05) is 37.3 Å². The van der Waals surface area contributed by atoms with Crippen LogP contribution in [0.4, 0.5) is 5.69 Å². The fourth-order valence-electron chi connectivity index (χ4n) is 1.93. The molecule has 0 aromatic heterocycles. The minimum absolute atomic E-state index is 0.0634. The fraction of sp³-hybridized carbons (Fsp3) is 0.235. The summed E-state index contributed by atoms with van der Waals surface area (Å²) in [6.07, 6.45) is 0.401. The van der Waals surface area contributed by atoms with Crippen molar-refractivity contribution in [3.8, 4) is 5.75 Å². The molecule has 0 aliphatic carbocycles. The maximum atomic E-state index is 12.1. The Hall–Kier alpha value is -1.36. The molecule has 2 aromatic carbocycles. The van der Waals surface area contributed by atoms with Crippen LogP contribution < -0.4 is 10.1 Å². The molecule has 0 bridgehead atoms. The second-order valence-electron chi connectivity index (χ2n) is 4.90. The number of rotatable bonds is 6. The third-order valence-corrected chi connectivity index (χ3v) is 4.84. The Balaban J connectivity index is 1.89. The van der Waals surface area contributed by atoms with Crippen molar-refractivity contribution in [3.63, 3.8) is 0 Å². The summed E-state index contributed by atoms with van der Waals surface area (Å²) in [5.41, 5.74) is 1.52. The average molecular weight is 370 g/mol. The van der Waals surface area contributed by atoms with Crippen LogP contribution in [-0.2, 0) is 4.79 Å². The van der Waals surface area contributed by atoms with Gasteiger partial charge in [0.05, 0.1) is 12.8 Å². The molecular formula is C17H17Cl2NO2S. The van der Waals surface area contributed by atoms with Gasteiger partial charge in [-0.2, -0.15) is 0 Å². The van der Waals surface area contributed by atoms with Gasteiger partial charge in [-0.3, -0.25) is 4.79 Å². The van der Waals surface area contributed by atoms with Crippen molar-refractivity contribution in [2.45, 2.75) is 18.2 Å². The van der Waals surface area contributed by atoms with Crippen LogP contribution in [0, 0.1) is 6.92 Å². The number of hydrogen-bond donors (Lipinski definition) is 1. The highest BCUT2D eigenvalue weighted by Crippen LogP contribution is 2.31. The second-order valence-corrected chi connectivity index (χ2v) is 6.91. The van der Waals surface area contributed by atoms with Crippen LogP contribution >= 0.6 is 35.0 Å². The third-order valence-electron chi connectivity index (χ3n) is 3.17. The Kier molecular flexibility index (Phi) is 6.63. The van der Waals surface area contributed by atoms with Gasteiger partial charge >= 0.3 is 0 Å².